The normalized spacial score (nSPS) is 13.7. The van der Waals surface area contributed by atoms with Crippen LogP contribution >= 0.6 is 12.6 Å². The number of carbonyl (C=O) groups is 4. The molecular weight excluding hydrogens is 482 g/mol. The van der Waals surface area contributed by atoms with E-state index in [1.807, 2.05) is 48.5 Å². The summed E-state index contributed by atoms with van der Waals surface area (Å²) in [5.74, 6) is -2.14. The van der Waals surface area contributed by atoms with Crippen molar-refractivity contribution in [3.63, 3.8) is 0 Å². The molecule has 2 atom stereocenters. The highest BCUT2D eigenvalue weighted by Crippen LogP contribution is 2.44. The van der Waals surface area contributed by atoms with Crippen molar-refractivity contribution in [1.29, 1.82) is 0 Å². The van der Waals surface area contributed by atoms with Gasteiger partial charge in [0.2, 0.25) is 11.8 Å². The molecule has 3 amide bonds. The second-order valence-electron chi connectivity index (χ2n) is 8.73. The van der Waals surface area contributed by atoms with Crippen molar-refractivity contribution < 1.29 is 28.7 Å². The number of hydrogen-bond donors (Lipinski definition) is 4. The van der Waals surface area contributed by atoms with Gasteiger partial charge in [-0.3, -0.25) is 14.4 Å². The molecule has 2 aromatic rings. The van der Waals surface area contributed by atoms with Gasteiger partial charge in [-0.05, 0) is 28.2 Å². The SMILES string of the molecule is COC(=O)CNC(=O)[C@H](NC(=O)[C@@H](CS)NC(=O)OCC1c2ccccc2-c2ccccc21)C(C)C. The van der Waals surface area contributed by atoms with Crippen LogP contribution in [0.25, 0.3) is 11.1 Å². The van der Waals surface area contributed by atoms with Crippen LogP contribution in [-0.2, 0) is 23.9 Å². The van der Waals surface area contributed by atoms with Crippen LogP contribution in [0.2, 0.25) is 0 Å². The molecule has 0 bridgehead atoms. The number of carbonyl (C=O) groups excluding carboxylic acids is 4. The number of amides is 3. The van der Waals surface area contributed by atoms with Gasteiger partial charge in [-0.2, -0.15) is 12.6 Å². The molecule has 0 heterocycles. The van der Waals surface area contributed by atoms with E-state index >= 15 is 0 Å². The quantitative estimate of drug-likeness (QED) is 0.286. The van der Waals surface area contributed by atoms with E-state index in [0.29, 0.717) is 0 Å². The summed E-state index contributed by atoms with van der Waals surface area (Å²) in [6, 6.07) is 14.0. The first kappa shape index (κ1) is 27.1. The fraction of sp³-hybridized carbons (Fsp3) is 0.385. The van der Waals surface area contributed by atoms with E-state index in [-0.39, 0.29) is 30.7 Å². The number of benzene rings is 2. The van der Waals surface area contributed by atoms with Gasteiger partial charge in [-0.15, -0.1) is 0 Å². The number of alkyl carbamates (subject to hydrolysis) is 1. The molecule has 2 aromatic carbocycles. The Labute approximate surface area is 215 Å². The number of nitrogens with one attached hydrogen (secondary N) is 3. The largest absolute Gasteiger partial charge is 0.468 e. The predicted molar refractivity (Wildman–Crippen MR) is 138 cm³/mol. The maximum Gasteiger partial charge on any atom is 0.407 e. The van der Waals surface area contributed by atoms with Gasteiger partial charge in [0.15, 0.2) is 0 Å². The van der Waals surface area contributed by atoms with Crippen LogP contribution in [0.15, 0.2) is 48.5 Å². The minimum atomic E-state index is -1.03. The van der Waals surface area contributed by atoms with E-state index in [9.17, 15) is 19.2 Å². The average Bonchev–Trinajstić information content (AvgIpc) is 3.20. The molecule has 0 unspecified atom stereocenters. The maximum atomic E-state index is 12.8. The number of esters is 1. The third-order valence-electron chi connectivity index (χ3n) is 6.02. The van der Waals surface area contributed by atoms with Gasteiger partial charge in [0, 0.05) is 11.7 Å². The number of rotatable bonds is 10. The monoisotopic (exact) mass is 513 g/mol. The Hall–Kier alpha value is -3.53. The molecule has 0 radical (unpaired) electrons. The Bertz CT molecular complexity index is 1080. The summed E-state index contributed by atoms with van der Waals surface area (Å²) in [5, 5.41) is 7.57. The predicted octanol–water partition coefficient (Wildman–Crippen LogP) is 2.25. The van der Waals surface area contributed by atoms with E-state index in [4.69, 9.17) is 4.74 Å². The molecule has 0 fully saturated rings. The molecule has 0 aromatic heterocycles. The van der Waals surface area contributed by atoms with Crippen molar-refractivity contribution in [3.8, 4) is 11.1 Å². The number of hydrogen-bond acceptors (Lipinski definition) is 7. The molecule has 36 heavy (non-hydrogen) atoms. The van der Waals surface area contributed by atoms with Gasteiger partial charge >= 0.3 is 12.1 Å². The van der Waals surface area contributed by atoms with E-state index in [1.54, 1.807) is 13.8 Å². The lowest BCUT2D eigenvalue weighted by atomic mass is 9.98. The summed E-state index contributed by atoms with van der Waals surface area (Å²) in [6.45, 7) is 3.28. The van der Waals surface area contributed by atoms with Gasteiger partial charge in [0.1, 0.15) is 25.2 Å². The molecule has 9 nitrogen and oxygen atoms in total. The fourth-order valence-electron chi connectivity index (χ4n) is 4.11. The maximum absolute atomic E-state index is 12.8. The van der Waals surface area contributed by atoms with Crippen LogP contribution in [0.3, 0.4) is 0 Å². The third kappa shape index (κ3) is 6.37. The molecule has 10 heteroatoms. The molecule has 3 rings (SSSR count). The third-order valence-corrected chi connectivity index (χ3v) is 6.38. The molecule has 0 saturated heterocycles. The van der Waals surface area contributed by atoms with Crippen molar-refractivity contribution in [2.24, 2.45) is 5.92 Å². The van der Waals surface area contributed by atoms with Crippen molar-refractivity contribution >= 4 is 36.5 Å². The minimum absolute atomic E-state index is 0.00930. The van der Waals surface area contributed by atoms with Crippen molar-refractivity contribution in [1.82, 2.24) is 16.0 Å². The van der Waals surface area contributed by atoms with Crippen LogP contribution in [0.5, 0.6) is 0 Å². The van der Waals surface area contributed by atoms with Crippen molar-refractivity contribution in [3.05, 3.63) is 59.7 Å². The minimum Gasteiger partial charge on any atom is -0.468 e. The Morgan fingerprint density at radius 3 is 2.03 bits per heavy atom. The number of thiol groups is 1. The lowest BCUT2D eigenvalue weighted by Gasteiger charge is -2.24. The standard InChI is InChI=1S/C26H31N3O6S/c1-15(2)23(25(32)27-12-22(30)34-3)29-24(31)21(14-36)28-26(33)35-13-20-18-10-6-4-8-16(18)17-9-5-7-11-19(17)20/h4-11,15,20-21,23,36H,12-14H2,1-3H3,(H,27,32)(H,28,33)(H,29,31)/t21-,23-/m1/s1. The zero-order valence-corrected chi connectivity index (χ0v) is 21.3. The van der Waals surface area contributed by atoms with Gasteiger partial charge in [-0.1, -0.05) is 62.4 Å². The number of methoxy groups -OCH3 is 1. The van der Waals surface area contributed by atoms with Gasteiger partial charge in [0.25, 0.3) is 0 Å². The summed E-state index contributed by atoms with van der Waals surface area (Å²) in [6.07, 6.45) is -0.762. The van der Waals surface area contributed by atoms with E-state index in [0.717, 1.165) is 22.3 Å². The molecule has 0 spiro atoms. The zero-order chi connectivity index (χ0) is 26.2. The molecule has 3 N–H and O–H groups in total. The summed E-state index contributed by atoms with van der Waals surface area (Å²) in [5.41, 5.74) is 4.38. The van der Waals surface area contributed by atoms with Crippen molar-refractivity contribution in [2.75, 3.05) is 26.0 Å². The van der Waals surface area contributed by atoms with Crippen LogP contribution < -0.4 is 16.0 Å². The lowest BCUT2D eigenvalue weighted by Crippen LogP contribution is -2.56. The van der Waals surface area contributed by atoms with Crippen LogP contribution in [-0.4, -0.2) is 62.0 Å². The summed E-state index contributed by atoms with van der Waals surface area (Å²) >= 11 is 4.17. The molecule has 0 aliphatic heterocycles. The first-order chi connectivity index (χ1) is 17.3. The van der Waals surface area contributed by atoms with Gasteiger partial charge in [-0.25, -0.2) is 4.79 Å². The van der Waals surface area contributed by atoms with E-state index in [1.165, 1.54) is 7.11 Å². The number of ether oxygens (including phenoxy) is 2. The van der Waals surface area contributed by atoms with E-state index < -0.39 is 36.0 Å². The highest BCUT2D eigenvalue weighted by Gasteiger charge is 2.31. The lowest BCUT2D eigenvalue weighted by molar-refractivity contribution is -0.141. The van der Waals surface area contributed by atoms with Gasteiger partial charge in [0.05, 0.1) is 7.11 Å². The summed E-state index contributed by atoms with van der Waals surface area (Å²) in [4.78, 5) is 49.2. The molecular formula is C26H31N3O6S. The molecule has 1 aliphatic rings. The summed E-state index contributed by atoms with van der Waals surface area (Å²) < 4.78 is 10.0. The smallest absolute Gasteiger partial charge is 0.407 e. The molecule has 1 aliphatic carbocycles. The first-order valence-corrected chi connectivity index (χ1v) is 12.3. The van der Waals surface area contributed by atoms with Crippen LogP contribution in [0.1, 0.15) is 30.9 Å². The second-order valence-corrected chi connectivity index (χ2v) is 9.09. The Morgan fingerprint density at radius 1 is 0.917 bits per heavy atom. The van der Waals surface area contributed by atoms with Gasteiger partial charge < -0.3 is 25.4 Å². The van der Waals surface area contributed by atoms with Crippen LogP contribution in [0.4, 0.5) is 4.79 Å². The average molecular weight is 514 g/mol. The first-order valence-electron chi connectivity index (χ1n) is 11.6. The number of fused-ring (bicyclic) bond motifs is 3. The molecule has 0 saturated carbocycles. The Kier molecular flexibility index (Phi) is 9.35. The van der Waals surface area contributed by atoms with E-state index in [2.05, 4.69) is 33.3 Å². The highest BCUT2D eigenvalue weighted by atomic mass is 32.1. The topological polar surface area (TPSA) is 123 Å². The van der Waals surface area contributed by atoms with Crippen LogP contribution in [0, 0.1) is 5.92 Å². The van der Waals surface area contributed by atoms with Crippen molar-refractivity contribution in [2.45, 2.75) is 31.8 Å². The summed E-state index contributed by atoms with van der Waals surface area (Å²) in [7, 11) is 1.21. The highest BCUT2D eigenvalue weighted by molar-refractivity contribution is 7.80. The zero-order valence-electron chi connectivity index (χ0n) is 20.4. The Balaban J connectivity index is 1.59. The fourth-order valence-corrected chi connectivity index (χ4v) is 4.36. The molecule has 192 valence electrons. The second kappa shape index (κ2) is 12.4. The Morgan fingerprint density at radius 2 is 1.50 bits per heavy atom.